The van der Waals surface area contributed by atoms with E-state index in [2.05, 4.69) is 15.4 Å². The Balaban J connectivity index is 1.59. The van der Waals surface area contributed by atoms with Gasteiger partial charge in [0.1, 0.15) is 11.4 Å². The average Bonchev–Trinajstić information content (AvgIpc) is 3.26. The first kappa shape index (κ1) is 20.8. The van der Waals surface area contributed by atoms with Gasteiger partial charge in [0.05, 0.1) is 30.3 Å². The predicted octanol–water partition coefficient (Wildman–Crippen LogP) is 3.39. The van der Waals surface area contributed by atoms with Crippen LogP contribution in [0.15, 0.2) is 39.9 Å². The third-order valence-electron chi connectivity index (χ3n) is 5.23. The van der Waals surface area contributed by atoms with Gasteiger partial charge >= 0.3 is 6.18 Å². The minimum absolute atomic E-state index is 0.0629. The summed E-state index contributed by atoms with van der Waals surface area (Å²) >= 11 is 6.05. The van der Waals surface area contributed by atoms with Crippen LogP contribution in [0.1, 0.15) is 30.5 Å². The first-order chi connectivity index (χ1) is 14.1. The van der Waals surface area contributed by atoms with E-state index >= 15 is 0 Å². The fourth-order valence-corrected chi connectivity index (χ4v) is 3.91. The minimum Gasteiger partial charge on any atom is -0.379 e. The Labute approximate surface area is 174 Å². The first-order valence-electron chi connectivity index (χ1n) is 9.17. The van der Waals surface area contributed by atoms with E-state index in [-0.39, 0.29) is 16.3 Å². The molecule has 1 N–H and O–H groups in total. The van der Waals surface area contributed by atoms with Gasteiger partial charge in [-0.25, -0.2) is 9.40 Å². The summed E-state index contributed by atoms with van der Waals surface area (Å²) in [5.74, 6) is -1.76. The van der Waals surface area contributed by atoms with E-state index in [1.54, 1.807) is 0 Å². The summed E-state index contributed by atoms with van der Waals surface area (Å²) in [7, 11) is 0. The molecule has 4 rings (SSSR count). The third-order valence-corrected chi connectivity index (χ3v) is 5.41. The molecule has 1 aromatic rings. The van der Waals surface area contributed by atoms with Gasteiger partial charge in [0.2, 0.25) is 0 Å². The molecule has 0 aliphatic carbocycles. The van der Waals surface area contributed by atoms with E-state index < -0.39 is 35.0 Å². The molecule has 2 atom stereocenters. The van der Waals surface area contributed by atoms with Crippen LogP contribution >= 0.6 is 11.6 Å². The summed E-state index contributed by atoms with van der Waals surface area (Å²) in [5, 5.41) is 8.28. The maximum Gasteiger partial charge on any atom is 0.419 e. The van der Waals surface area contributed by atoms with Crippen molar-refractivity contribution in [1.29, 1.82) is 0 Å². The Bertz CT molecular complexity index is 983. The fraction of sp³-hybridized carbons (Fsp3) is 0.421. The number of alkyl halides is 3. The molecular weight excluding hydrogens is 428 g/mol. The zero-order valence-electron chi connectivity index (χ0n) is 15.8. The molecule has 0 radical (unpaired) electrons. The van der Waals surface area contributed by atoms with Gasteiger partial charge in [0.15, 0.2) is 11.0 Å². The van der Waals surface area contributed by atoms with Crippen LogP contribution in [0, 0.1) is 5.82 Å². The van der Waals surface area contributed by atoms with Crippen LogP contribution in [0.3, 0.4) is 0 Å². The molecule has 1 aromatic carbocycles. The predicted molar refractivity (Wildman–Crippen MR) is 102 cm³/mol. The van der Waals surface area contributed by atoms with Gasteiger partial charge in [-0.3, -0.25) is 9.79 Å². The third kappa shape index (κ3) is 3.69. The summed E-state index contributed by atoms with van der Waals surface area (Å²) in [6.45, 7) is 2.73. The van der Waals surface area contributed by atoms with Gasteiger partial charge in [-0.15, -0.1) is 0 Å². The molecule has 1 spiro atoms. The zero-order chi connectivity index (χ0) is 21.7. The lowest BCUT2D eigenvalue weighted by Crippen LogP contribution is -2.39. The van der Waals surface area contributed by atoms with Crippen LogP contribution < -0.4 is 5.32 Å². The van der Waals surface area contributed by atoms with E-state index in [1.807, 2.05) is 0 Å². The lowest BCUT2D eigenvalue weighted by atomic mass is 10.0. The number of nitrogens with one attached hydrogen (secondary N) is 1. The summed E-state index contributed by atoms with van der Waals surface area (Å²) < 4.78 is 58.8. The van der Waals surface area contributed by atoms with Gasteiger partial charge in [0.25, 0.3) is 5.91 Å². The SMILES string of the molecule is C[C@@H](NC(=O)C1=CC(Cl)=NN2CC3(CCOC3)N=C12)c1cccc(C(F)(F)F)c1F. The van der Waals surface area contributed by atoms with Gasteiger partial charge < -0.3 is 10.1 Å². The molecule has 3 aliphatic heterocycles. The number of allylic oxidation sites excluding steroid dienone is 1. The lowest BCUT2D eigenvalue weighted by Gasteiger charge is -2.23. The lowest BCUT2D eigenvalue weighted by molar-refractivity contribution is -0.140. The summed E-state index contributed by atoms with van der Waals surface area (Å²) in [6, 6.07) is 1.92. The van der Waals surface area contributed by atoms with Crippen molar-refractivity contribution in [2.24, 2.45) is 10.1 Å². The smallest absolute Gasteiger partial charge is 0.379 e. The second-order valence-corrected chi connectivity index (χ2v) is 7.79. The molecule has 0 saturated carbocycles. The minimum atomic E-state index is -4.84. The van der Waals surface area contributed by atoms with Crippen LogP contribution in [-0.2, 0) is 15.7 Å². The Morgan fingerprint density at radius 2 is 2.17 bits per heavy atom. The summed E-state index contributed by atoms with van der Waals surface area (Å²) in [4.78, 5) is 17.5. The van der Waals surface area contributed by atoms with Crippen molar-refractivity contribution in [3.05, 3.63) is 46.8 Å². The molecule has 6 nitrogen and oxygen atoms in total. The number of amides is 1. The normalized spacial score (nSPS) is 24.3. The van der Waals surface area contributed by atoms with Crippen LogP contribution in [0.2, 0.25) is 0 Å². The first-order valence-corrected chi connectivity index (χ1v) is 9.55. The molecular formula is C19H17ClF4N4O2. The van der Waals surface area contributed by atoms with E-state index in [0.717, 1.165) is 6.07 Å². The Morgan fingerprint density at radius 3 is 2.83 bits per heavy atom. The Kier molecular flexibility index (Phi) is 5.09. The highest BCUT2D eigenvalue weighted by Gasteiger charge is 2.45. The number of amidine groups is 1. The highest BCUT2D eigenvalue weighted by atomic mass is 35.5. The number of aliphatic imine (C=N–C) groups is 1. The maximum absolute atomic E-state index is 14.4. The van der Waals surface area contributed by atoms with Crippen molar-refractivity contribution in [1.82, 2.24) is 10.3 Å². The number of hydrogen-bond donors (Lipinski definition) is 1. The number of nitrogens with zero attached hydrogens (tertiary/aromatic N) is 3. The molecule has 0 aromatic heterocycles. The molecule has 3 aliphatic rings. The van der Waals surface area contributed by atoms with Crippen molar-refractivity contribution >= 4 is 28.5 Å². The largest absolute Gasteiger partial charge is 0.419 e. The molecule has 1 amide bonds. The highest BCUT2D eigenvalue weighted by molar-refractivity contribution is 6.69. The topological polar surface area (TPSA) is 66.3 Å². The van der Waals surface area contributed by atoms with Gasteiger partial charge in [-0.1, -0.05) is 23.7 Å². The molecule has 1 unspecified atom stereocenters. The number of ether oxygens (including phenoxy) is 1. The van der Waals surface area contributed by atoms with Gasteiger partial charge in [0, 0.05) is 18.6 Å². The molecule has 11 heteroatoms. The number of hydrogen-bond acceptors (Lipinski definition) is 5. The molecule has 30 heavy (non-hydrogen) atoms. The van der Waals surface area contributed by atoms with Gasteiger partial charge in [-0.2, -0.15) is 18.3 Å². The second-order valence-electron chi connectivity index (χ2n) is 7.40. The summed E-state index contributed by atoms with van der Waals surface area (Å²) in [6.07, 6.45) is -2.84. The molecule has 0 bridgehead atoms. The van der Waals surface area contributed by atoms with Crippen LogP contribution in [0.5, 0.6) is 0 Å². The van der Waals surface area contributed by atoms with Crippen molar-refractivity contribution in [2.45, 2.75) is 31.1 Å². The number of halogens is 5. The van der Waals surface area contributed by atoms with Crippen molar-refractivity contribution in [3.8, 4) is 0 Å². The van der Waals surface area contributed by atoms with Gasteiger partial charge in [-0.05, 0) is 19.1 Å². The van der Waals surface area contributed by atoms with Crippen LogP contribution in [0.4, 0.5) is 17.6 Å². The number of benzene rings is 1. The van der Waals surface area contributed by atoms with Crippen LogP contribution in [-0.4, -0.2) is 47.2 Å². The van der Waals surface area contributed by atoms with E-state index in [1.165, 1.54) is 24.1 Å². The second kappa shape index (κ2) is 7.35. The molecule has 1 fully saturated rings. The van der Waals surface area contributed by atoms with E-state index in [4.69, 9.17) is 16.3 Å². The number of hydrazone groups is 1. The van der Waals surface area contributed by atoms with E-state index in [9.17, 15) is 22.4 Å². The van der Waals surface area contributed by atoms with Crippen LogP contribution in [0.25, 0.3) is 0 Å². The molecule has 3 heterocycles. The average molecular weight is 445 g/mol. The number of fused-ring (bicyclic) bond motifs is 1. The van der Waals surface area contributed by atoms with E-state index in [0.29, 0.717) is 38.1 Å². The van der Waals surface area contributed by atoms with Crippen molar-refractivity contribution in [3.63, 3.8) is 0 Å². The van der Waals surface area contributed by atoms with Crippen molar-refractivity contribution < 1.29 is 27.1 Å². The molecule has 1 saturated heterocycles. The monoisotopic (exact) mass is 444 g/mol. The Morgan fingerprint density at radius 1 is 1.40 bits per heavy atom. The standard InChI is InChI=1S/C19H17ClF4N4O2/c1-10(11-3-2-4-13(15(11)21)19(22,23)24)25-17(29)12-7-14(20)27-28-8-18(26-16(12)28)5-6-30-9-18/h2-4,7,10H,5-6,8-9H2,1H3,(H,25,29)/t10-,18?/m1/s1. The number of carbonyl (C=O) groups is 1. The van der Waals surface area contributed by atoms with Crippen molar-refractivity contribution in [2.75, 3.05) is 19.8 Å². The quantitative estimate of drug-likeness (QED) is 0.727. The molecule has 160 valence electrons. The summed E-state index contributed by atoms with van der Waals surface area (Å²) in [5.41, 5.74) is -2.07. The zero-order valence-corrected chi connectivity index (χ0v) is 16.5. The fourth-order valence-electron chi connectivity index (χ4n) is 3.71. The number of rotatable bonds is 3. The number of carbonyl (C=O) groups excluding carboxylic acids is 1. The highest BCUT2D eigenvalue weighted by Crippen LogP contribution is 2.35. The maximum atomic E-state index is 14.4. The Hall–Kier alpha value is -2.46.